The molecule has 2 N–H and O–H groups in total. The van der Waals surface area contributed by atoms with Gasteiger partial charge in [0.25, 0.3) is 0 Å². The maximum atomic E-state index is 8.80. The number of likely N-dealkylation sites (tertiary alicyclic amines) is 1. The third-order valence-corrected chi connectivity index (χ3v) is 3.07. The summed E-state index contributed by atoms with van der Waals surface area (Å²) in [5.41, 5.74) is 0. The summed E-state index contributed by atoms with van der Waals surface area (Å²) in [7, 11) is 2.01. The van der Waals surface area contributed by atoms with Gasteiger partial charge in [-0.3, -0.25) is 0 Å². The molecule has 3 nitrogen and oxygen atoms in total. The van der Waals surface area contributed by atoms with Crippen LogP contribution in [0.2, 0.25) is 0 Å². The molecule has 0 radical (unpaired) electrons. The van der Waals surface area contributed by atoms with Crippen LogP contribution in [0.15, 0.2) is 0 Å². The van der Waals surface area contributed by atoms with E-state index >= 15 is 0 Å². The second-order valence-electron chi connectivity index (χ2n) is 4.15. The Kier molecular flexibility index (Phi) is 6.15. The van der Waals surface area contributed by atoms with Gasteiger partial charge in [-0.1, -0.05) is 0 Å². The van der Waals surface area contributed by atoms with Crippen molar-refractivity contribution in [2.75, 3.05) is 33.3 Å². The Labute approximate surface area is 87.5 Å². The lowest BCUT2D eigenvalue weighted by molar-refractivity contribution is 0.214. The maximum Gasteiger partial charge on any atom is 0.0431 e. The third kappa shape index (κ3) is 3.95. The van der Waals surface area contributed by atoms with E-state index in [1.165, 1.54) is 38.8 Å². The second-order valence-corrected chi connectivity index (χ2v) is 4.15. The fraction of sp³-hybridized carbons (Fsp3) is 1.00. The van der Waals surface area contributed by atoms with Gasteiger partial charge in [0.05, 0.1) is 0 Å². The standard InChI is InChI=1S/C11H24N2O/c1-12-7-4-9-13-8-2-5-11(13)6-3-10-14/h11-12,14H,2-10H2,1H3. The van der Waals surface area contributed by atoms with E-state index in [9.17, 15) is 0 Å². The van der Waals surface area contributed by atoms with Crippen LogP contribution in [-0.4, -0.2) is 49.3 Å². The molecular weight excluding hydrogens is 176 g/mol. The number of nitrogens with zero attached hydrogens (tertiary/aromatic N) is 1. The molecule has 1 aliphatic heterocycles. The van der Waals surface area contributed by atoms with Crippen LogP contribution in [-0.2, 0) is 0 Å². The van der Waals surface area contributed by atoms with Crippen molar-refractivity contribution in [3.05, 3.63) is 0 Å². The van der Waals surface area contributed by atoms with Crippen molar-refractivity contribution in [1.29, 1.82) is 0 Å². The van der Waals surface area contributed by atoms with Gasteiger partial charge in [-0.05, 0) is 58.8 Å². The molecule has 1 rings (SSSR count). The van der Waals surface area contributed by atoms with E-state index in [1.54, 1.807) is 0 Å². The fourth-order valence-electron chi connectivity index (χ4n) is 2.30. The zero-order chi connectivity index (χ0) is 10.2. The summed E-state index contributed by atoms with van der Waals surface area (Å²) >= 11 is 0. The highest BCUT2D eigenvalue weighted by Crippen LogP contribution is 2.20. The summed E-state index contributed by atoms with van der Waals surface area (Å²) in [6.07, 6.45) is 6.06. The summed E-state index contributed by atoms with van der Waals surface area (Å²) < 4.78 is 0. The van der Waals surface area contributed by atoms with Crippen LogP contribution in [0, 0.1) is 0 Å². The first-order chi connectivity index (χ1) is 6.88. The highest BCUT2D eigenvalue weighted by atomic mass is 16.2. The smallest absolute Gasteiger partial charge is 0.0431 e. The second kappa shape index (κ2) is 7.21. The molecule has 0 spiro atoms. The van der Waals surface area contributed by atoms with Crippen molar-refractivity contribution in [1.82, 2.24) is 10.2 Å². The first-order valence-corrected chi connectivity index (χ1v) is 5.88. The van der Waals surface area contributed by atoms with E-state index < -0.39 is 0 Å². The van der Waals surface area contributed by atoms with E-state index in [-0.39, 0.29) is 0 Å². The SMILES string of the molecule is CNCCCN1CCCC1CCCO. The monoisotopic (exact) mass is 200 g/mol. The average Bonchev–Trinajstić information content (AvgIpc) is 2.63. The minimum Gasteiger partial charge on any atom is -0.396 e. The number of hydrogen-bond donors (Lipinski definition) is 2. The molecule has 0 saturated carbocycles. The van der Waals surface area contributed by atoms with Crippen molar-refractivity contribution < 1.29 is 5.11 Å². The lowest BCUT2D eigenvalue weighted by Gasteiger charge is -2.24. The molecule has 84 valence electrons. The predicted molar refractivity (Wildman–Crippen MR) is 59.5 cm³/mol. The van der Waals surface area contributed by atoms with E-state index in [1.807, 2.05) is 7.05 Å². The zero-order valence-electron chi connectivity index (χ0n) is 9.34. The van der Waals surface area contributed by atoms with E-state index in [2.05, 4.69) is 10.2 Å². The van der Waals surface area contributed by atoms with Crippen LogP contribution in [0.5, 0.6) is 0 Å². The molecule has 1 fully saturated rings. The highest BCUT2D eigenvalue weighted by molar-refractivity contribution is 4.78. The number of aliphatic hydroxyl groups is 1. The molecule has 0 aromatic heterocycles. The third-order valence-electron chi connectivity index (χ3n) is 3.07. The van der Waals surface area contributed by atoms with E-state index in [0.717, 1.165) is 19.0 Å². The highest BCUT2D eigenvalue weighted by Gasteiger charge is 2.22. The summed E-state index contributed by atoms with van der Waals surface area (Å²) in [6, 6.07) is 0.749. The van der Waals surface area contributed by atoms with E-state index in [4.69, 9.17) is 5.11 Å². The molecule has 0 aromatic carbocycles. The largest absolute Gasteiger partial charge is 0.396 e. The predicted octanol–water partition coefficient (Wildman–Crippen LogP) is 0.833. The first kappa shape index (κ1) is 12.0. The molecule has 1 unspecified atom stereocenters. The van der Waals surface area contributed by atoms with Crippen LogP contribution in [0.4, 0.5) is 0 Å². The van der Waals surface area contributed by atoms with Gasteiger partial charge in [0, 0.05) is 12.6 Å². The molecule has 1 atom stereocenters. The fourth-order valence-corrected chi connectivity index (χ4v) is 2.30. The van der Waals surface area contributed by atoms with Gasteiger partial charge in [-0.25, -0.2) is 0 Å². The molecular formula is C11H24N2O. The van der Waals surface area contributed by atoms with Gasteiger partial charge >= 0.3 is 0 Å². The van der Waals surface area contributed by atoms with Crippen LogP contribution in [0.1, 0.15) is 32.1 Å². The summed E-state index contributed by atoms with van der Waals surface area (Å²) in [4.78, 5) is 2.59. The summed E-state index contributed by atoms with van der Waals surface area (Å²) in [6.45, 7) is 3.95. The maximum absolute atomic E-state index is 8.80. The lowest BCUT2D eigenvalue weighted by Crippen LogP contribution is -2.31. The molecule has 3 heteroatoms. The molecule has 0 aliphatic carbocycles. The van der Waals surface area contributed by atoms with Crippen molar-refractivity contribution >= 4 is 0 Å². The van der Waals surface area contributed by atoms with E-state index in [0.29, 0.717) is 6.61 Å². The van der Waals surface area contributed by atoms with Crippen LogP contribution < -0.4 is 5.32 Å². The summed E-state index contributed by atoms with van der Waals surface area (Å²) in [5.74, 6) is 0. The lowest BCUT2D eigenvalue weighted by atomic mass is 10.1. The molecule has 0 amide bonds. The minimum absolute atomic E-state index is 0.348. The Morgan fingerprint density at radius 1 is 1.43 bits per heavy atom. The molecule has 1 heterocycles. The van der Waals surface area contributed by atoms with Crippen LogP contribution >= 0.6 is 0 Å². The molecule has 1 aliphatic rings. The molecule has 0 bridgehead atoms. The van der Waals surface area contributed by atoms with Gasteiger partial charge in [0.2, 0.25) is 0 Å². The van der Waals surface area contributed by atoms with Crippen molar-refractivity contribution in [3.8, 4) is 0 Å². The Hall–Kier alpha value is -0.120. The quantitative estimate of drug-likeness (QED) is 0.598. The van der Waals surface area contributed by atoms with Gasteiger partial charge in [0.15, 0.2) is 0 Å². The van der Waals surface area contributed by atoms with Crippen molar-refractivity contribution in [2.24, 2.45) is 0 Å². The minimum atomic E-state index is 0.348. The number of aliphatic hydroxyl groups excluding tert-OH is 1. The molecule has 14 heavy (non-hydrogen) atoms. The summed E-state index contributed by atoms with van der Waals surface area (Å²) in [5, 5.41) is 12.0. The van der Waals surface area contributed by atoms with Crippen LogP contribution in [0.3, 0.4) is 0 Å². The first-order valence-electron chi connectivity index (χ1n) is 5.88. The van der Waals surface area contributed by atoms with Crippen molar-refractivity contribution in [2.45, 2.75) is 38.1 Å². The molecule has 1 saturated heterocycles. The number of nitrogens with one attached hydrogen (secondary N) is 1. The van der Waals surface area contributed by atoms with Gasteiger partial charge in [-0.15, -0.1) is 0 Å². The Morgan fingerprint density at radius 2 is 2.29 bits per heavy atom. The van der Waals surface area contributed by atoms with Gasteiger partial charge in [-0.2, -0.15) is 0 Å². The normalized spacial score (nSPS) is 23.1. The number of hydrogen-bond acceptors (Lipinski definition) is 3. The molecule has 0 aromatic rings. The Bertz CT molecular complexity index is 141. The van der Waals surface area contributed by atoms with Gasteiger partial charge in [0.1, 0.15) is 0 Å². The van der Waals surface area contributed by atoms with Crippen LogP contribution in [0.25, 0.3) is 0 Å². The topological polar surface area (TPSA) is 35.5 Å². The average molecular weight is 200 g/mol. The number of rotatable bonds is 7. The van der Waals surface area contributed by atoms with Crippen molar-refractivity contribution in [3.63, 3.8) is 0 Å². The Balaban J connectivity index is 2.14. The Morgan fingerprint density at radius 3 is 3.00 bits per heavy atom. The van der Waals surface area contributed by atoms with Gasteiger partial charge < -0.3 is 15.3 Å². The zero-order valence-corrected chi connectivity index (χ0v) is 9.34.